The van der Waals surface area contributed by atoms with E-state index in [1.165, 1.54) is 0 Å². The summed E-state index contributed by atoms with van der Waals surface area (Å²) in [6, 6.07) is 9.98. The van der Waals surface area contributed by atoms with Crippen molar-refractivity contribution in [3.63, 3.8) is 0 Å². The van der Waals surface area contributed by atoms with Crippen molar-refractivity contribution >= 4 is 5.91 Å². The standard InChI is InChI=1S/C13H18N2O/c1-15(10-11-6-3-2-4-7-11)12(16)13(14)8-5-9-13/h2-4,6-7H,5,8-10,14H2,1H3. The molecule has 1 aliphatic rings. The van der Waals surface area contributed by atoms with Crippen LogP contribution in [0.4, 0.5) is 0 Å². The lowest BCUT2D eigenvalue weighted by molar-refractivity contribution is -0.139. The minimum absolute atomic E-state index is 0.0719. The molecule has 0 aliphatic heterocycles. The van der Waals surface area contributed by atoms with E-state index in [2.05, 4.69) is 0 Å². The van der Waals surface area contributed by atoms with E-state index in [1.54, 1.807) is 4.90 Å². The first-order chi connectivity index (χ1) is 7.62. The maximum atomic E-state index is 12.1. The fraction of sp³-hybridized carbons (Fsp3) is 0.462. The van der Waals surface area contributed by atoms with Gasteiger partial charge in [-0.2, -0.15) is 0 Å². The summed E-state index contributed by atoms with van der Waals surface area (Å²) in [5, 5.41) is 0. The van der Waals surface area contributed by atoms with E-state index in [-0.39, 0.29) is 5.91 Å². The van der Waals surface area contributed by atoms with Crippen molar-refractivity contribution in [2.45, 2.75) is 31.3 Å². The monoisotopic (exact) mass is 218 g/mol. The van der Waals surface area contributed by atoms with Crippen LogP contribution in [-0.2, 0) is 11.3 Å². The number of hydrogen-bond donors (Lipinski definition) is 1. The molecule has 1 amide bonds. The van der Waals surface area contributed by atoms with Crippen molar-refractivity contribution in [2.24, 2.45) is 5.73 Å². The molecule has 1 fully saturated rings. The molecular weight excluding hydrogens is 200 g/mol. The average Bonchev–Trinajstić information content (AvgIpc) is 2.26. The molecule has 0 bridgehead atoms. The predicted octanol–water partition coefficient (Wildman–Crippen LogP) is 1.53. The van der Waals surface area contributed by atoms with Gasteiger partial charge in [0.1, 0.15) is 0 Å². The van der Waals surface area contributed by atoms with E-state index < -0.39 is 5.54 Å². The maximum Gasteiger partial charge on any atom is 0.242 e. The van der Waals surface area contributed by atoms with Crippen molar-refractivity contribution in [3.8, 4) is 0 Å². The van der Waals surface area contributed by atoms with Gasteiger partial charge in [-0.3, -0.25) is 4.79 Å². The van der Waals surface area contributed by atoms with E-state index in [0.29, 0.717) is 6.54 Å². The molecule has 0 aromatic heterocycles. The summed E-state index contributed by atoms with van der Waals surface area (Å²) in [4.78, 5) is 13.8. The molecule has 0 radical (unpaired) electrons. The van der Waals surface area contributed by atoms with E-state index in [9.17, 15) is 4.79 Å². The summed E-state index contributed by atoms with van der Waals surface area (Å²) < 4.78 is 0. The molecule has 0 unspecified atom stereocenters. The van der Waals surface area contributed by atoms with Gasteiger partial charge >= 0.3 is 0 Å². The first-order valence-corrected chi connectivity index (χ1v) is 5.70. The number of rotatable bonds is 3. The molecule has 0 heterocycles. The third-order valence-electron chi connectivity index (χ3n) is 3.28. The molecule has 2 rings (SSSR count). The molecule has 16 heavy (non-hydrogen) atoms. The van der Waals surface area contributed by atoms with E-state index in [1.807, 2.05) is 37.4 Å². The van der Waals surface area contributed by atoms with Crippen molar-refractivity contribution in [2.75, 3.05) is 7.05 Å². The van der Waals surface area contributed by atoms with Gasteiger partial charge < -0.3 is 10.6 Å². The Morgan fingerprint density at radius 2 is 2.00 bits per heavy atom. The molecule has 1 aliphatic carbocycles. The molecular formula is C13H18N2O. The van der Waals surface area contributed by atoms with Gasteiger partial charge in [0.05, 0.1) is 5.54 Å². The summed E-state index contributed by atoms with van der Waals surface area (Å²) in [5.41, 5.74) is 6.57. The first kappa shape index (κ1) is 11.1. The van der Waals surface area contributed by atoms with Crippen LogP contribution in [0, 0.1) is 0 Å². The summed E-state index contributed by atoms with van der Waals surface area (Å²) in [5.74, 6) is 0.0719. The van der Waals surface area contributed by atoms with E-state index >= 15 is 0 Å². The molecule has 1 aromatic rings. The normalized spacial score (nSPS) is 17.6. The molecule has 1 saturated carbocycles. The molecule has 2 N–H and O–H groups in total. The van der Waals surface area contributed by atoms with Crippen molar-refractivity contribution in [3.05, 3.63) is 35.9 Å². The lowest BCUT2D eigenvalue weighted by Gasteiger charge is -2.39. The summed E-state index contributed by atoms with van der Waals surface area (Å²) in [6.45, 7) is 0.638. The van der Waals surface area contributed by atoms with Crippen molar-refractivity contribution < 1.29 is 4.79 Å². The van der Waals surface area contributed by atoms with Crippen molar-refractivity contribution in [1.29, 1.82) is 0 Å². The van der Waals surface area contributed by atoms with Gasteiger partial charge in [-0.1, -0.05) is 30.3 Å². The fourth-order valence-corrected chi connectivity index (χ4v) is 2.08. The smallest absolute Gasteiger partial charge is 0.242 e. The lowest BCUT2D eigenvalue weighted by Crippen LogP contribution is -2.58. The Morgan fingerprint density at radius 3 is 2.50 bits per heavy atom. The number of nitrogens with zero attached hydrogens (tertiary/aromatic N) is 1. The molecule has 3 nitrogen and oxygen atoms in total. The van der Waals surface area contributed by atoms with Gasteiger partial charge in [-0.05, 0) is 24.8 Å². The summed E-state index contributed by atoms with van der Waals surface area (Å²) >= 11 is 0. The number of carbonyl (C=O) groups is 1. The highest BCUT2D eigenvalue weighted by Crippen LogP contribution is 2.30. The topological polar surface area (TPSA) is 46.3 Å². The van der Waals surface area contributed by atoms with Crippen LogP contribution in [0.25, 0.3) is 0 Å². The molecule has 1 aromatic carbocycles. The molecule has 3 heteroatoms. The van der Waals surface area contributed by atoms with Crippen LogP contribution in [0.5, 0.6) is 0 Å². The fourth-order valence-electron chi connectivity index (χ4n) is 2.08. The molecule has 0 saturated heterocycles. The number of benzene rings is 1. The Kier molecular flexibility index (Phi) is 2.97. The highest BCUT2D eigenvalue weighted by Gasteiger charge is 2.41. The second-order valence-corrected chi connectivity index (χ2v) is 4.66. The zero-order chi connectivity index (χ0) is 11.6. The largest absolute Gasteiger partial charge is 0.340 e. The molecule has 0 spiro atoms. The van der Waals surface area contributed by atoms with Gasteiger partial charge in [-0.15, -0.1) is 0 Å². The van der Waals surface area contributed by atoms with E-state index in [0.717, 1.165) is 24.8 Å². The number of nitrogens with two attached hydrogens (primary N) is 1. The minimum atomic E-state index is -0.580. The SMILES string of the molecule is CN(Cc1ccccc1)C(=O)C1(N)CCC1. The number of carbonyl (C=O) groups excluding carboxylic acids is 1. The van der Waals surface area contributed by atoms with Crippen LogP contribution in [-0.4, -0.2) is 23.4 Å². The Hall–Kier alpha value is -1.35. The average molecular weight is 218 g/mol. The lowest BCUT2D eigenvalue weighted by atomic mass is 9.76. The Balaban J connectivity index is 1.98. The van der Waals surface area contributed by atoms with Crippen LogP contribution in [0.1, 0.15) is 24.8 Å². The number of hydrogen-bond acceptors (Lipinski definition) is 2. The van der Waals surface area contributed by atoms with E-state index in [4.69, 9.17) is 5.73 Å². The zero-order valence-corrected chi connectivity index (χ0v) is 9.65. The zero-order valence-electron chi connectivity index (χ0n) is 9.65. The van der Waals surface area contributed by atoms with Gasteiger partial charge in [0.2, 0.25) is 5.91 Å². The highest BCUT2D eigenvalue weighted by atomic mass is 16.2. The van der Waals surface area contributed by atoms with Crippen LogP contribution in [0.2, 0.25) is 0 Å². The first-order valence-electron chi connectivity index (χ1n) is 5.70. The Labute approximate surface area is 96.2 Å². The summed E-state index contributed by atoms with van der Waals surface area (Å²) in [6.07, 6.45) is 2.72. The summed E-state index contributed by atoms with van der Waals surface area (Å²) in [7, 11) is 1.82. The van der Waals surface area contributed by atoms with Crippen LogP contribution in [0.15, 0.2) is 30.3 Å². The predicted molar refractivity (Wildman–Crippen MR) is 63.7 cm³/mol. The highest BCUT2D eigenvalue weighted by molar-refractivity contribution is 5.86. The van der Waals surface area contributed by atoms with Gasteiger partial charge in [0.25, 0.3) is 0 Å². The molecule has 86 valence electrons. The number of amides is 1. The van der Waals surface area contributed by atoms with Crippen molar-refractivity contribution in [1.82, 2.24) is 4.90 Å². The Bertz CT molecular complexity index is 371. The van der Waals surface area contributed by atoms with Crippen LogP contribution < -0.4 is 5.73 Å². The quantitative estimate of drug-likeness (QED) is 0.836. The second-order valence-electron chi connectivity index (χ2n) is 4.66. The Morgan fingerprint density at radius 1 is 1.38 bits per heavy atom. The number of likely N-dealkylation sites (N-methyl/N-ethyl adjacent to an activating group) is 1. The maximum absolute atomic E-state index is 12.1. The van der Waals surface area contributed by atoms with Gasteiger partial charge in [0.15, 0.2) is 0 Å². The third-order valence-corrected chi connectivity index (χ3v) is 3.28. The van der Waals surface area contributed by atoms with Gasteiger partial charge in [-0.25, -0.2) is 0 Å². The van der Waals surface area contributed by atoms with Gasteiger partial charge in [0, 0.05) is 13.6 Å². The van der Waals surface area contributed by atoms with Crippen LogP contribution >= 0.6 is 0 Å². The van der Waals surface area contributed by atoms with Crippen LogP contribution in [0.3, 0.4) is 0 Å². The second kappa shape index (κ2) is 4.26. The third kappa shape index (κ3) is 2.09. The molecule has 0 atom stereocenters. The minimum Gasteiger partial charge on any atom is -0.340 e.